The molecule has 0 saturated carbocycles. The van der Waals surface area contributed by atoms with Gasteiger partial charge in [0.25, 0.3) is 5.69 Å². The molecule has 9 heteroatoms. The molecule has 1 heterocycles. The Hall–Kier alpha value is -1.71. The van der Waals surface area contributed by atoms with Gasteiger partial charge in [0.2, 0.25) is 10.0 Å². The van der Waals surface area contributed by atoms with Gasteiger partial charge in [-0.25, -0.2) is 8.42 Å². The number of nitrogen functional groups attached to an aromatic ring is 1. The lowest BCUT2D eigenvalue weighted by molar-refractivity contribution is -0.384. The molecule has 0 amide bonds. The molecule has 2 unspecified atom stereocenters. The number of anilines is 1. The Kier molecular flexibility index (Phi) is 4.17. The first kappa shape index (κ1) is 15.7. The minimum absolute atomic E-state index is 0.0357. The van der Waals surface area contributed by atoms with Gasteiger partial charge in [-0.1, -0.05) is 6.92 Å². The standard InChI is InChI=1S/C12H17N3O5S/c1-8-4-5-14(12(8)7-16)21(19,20)9-2-3-10(13)11(6-9)15(17)18/h2-3,6,8,12,16H,4-5,7,13H2,1H3. The molecule has 1 aliphatic rings. The maximum absolute atomic E-state index is 12.6. The van der Waals surface area contributed by atoms with E-state index in [4.69, 9.17) is 5.73 Å². The Morgan fingerprint density at radius 1 is 1.52 bits per heavy atom. The molecule has 8 nitrogen and oxygen atoms in total. The normalized spacial score (nSPS) is 23.3. The third kappa shape index (κ3) is 2.71. The van der Waals surface area contributed by atoms with Crippen molar-refractivity contribution in [2.45, 2.75) is 24.3 Å². The average Bonchev–Trinajstić information content (AvgIpc) is 2.80. The zero-order valence-corrected chi connectivity index (χ0v) is 12.3. The van der Waals surface area contributed by atoms with Crippen LogP contribution >= 0.6 is 0 Å². The van der Waals surface area contributed by atoms with Crippen LogP contribution in [0.5, 0.6) is 0 Å². The molecule has 2 atom stereocenters. The van der Waals surface area contributed by atoms with Gasteiger partial charge in [0, 0.05) is 12.6 Å². The summed E-state index contributed by atoms with van der Waals surface area (Å²) in [5.74, 6) is 0.0357. The predicted molar refractivity (Wildman–Crippen MR) is 76.1 cm³/mol. The highest BCUT2D eigenvalue weighted by Gasteiger charge is 2.39. The van der Waals surface area contributed by atoms with Crippen LogP contribution in [-0.2, 0) is 10.0 Å². The molecule has 3 N–H and O–H groups in total. The van der Waals surface area contributed by atoms with E-state index in [0.717, 1.165) is 6.07 Å². The minimum Gasteiger partial charge on any atom is -0.395 e. The Morgan fingerprint density at radius 2 is 2.19 bits per heavy atom. The number of benzene rings is 1. The Labute approximate surface area is 122 Å². The van der Waals surface area contributed by atoms with Gasteiger partial charge < -0.3 is 10.8 Å². The summed E-state index contributed by atoms with van der Waals surface area (Å²) in [7, 11) is -3.89. The number of nitrogens with two attached hydrogens (primary N) is 1. The number of aliphatic hydroxyl groups excluding tert-OH is 1. The van der Waals surface area contributed by atoms with E-state index in [-0.39, 0.29) is 29.7 Å². The van der Waals surface area contributed by atoms with Crippen molar-refractivity contribution in [1.29, 1.82) is 0 Å². The first-order chi connectivity index (χ1) is 9.78. The molecule has 1 fully saturated rings. The van der Waals surface area contributed by atoms with Crippen LogP contribution < -0.4 is 5.73 Å². The minimum atomic E-state index is -3.89. The summed E-state index contributed by atoms with van der Waals surface area (Å²) in [6, 6.07) is 2.90. The summed E-state index contributed by atoms with van der Waals surface area (Å²) < 4.78 is 26.4. The SMILES string of the molecule is CC1CCN(S(=O)(=O)c2ccc(N)c([N+](=O)[O-])c2)C1CO. The summed E-state index contributed by atoms with van der Waals surface area (Å²) >= 11 is 0. The van der Waals surface area contributed by atoms with E-state index in [9.17, 15) is 23.6 Å². The predicted octanol–water partition coefficient (Wildman–Crippen LogP) is 0.568. The summed E-state index contributed by atoms with van der Waals surface area (Å²) in [6.45, 7) is 1.87. The van der Waals surface area contributed by atoms with Crippen LogP contribution in [0.2, 0.25) is 0 Å². The molecule has 116 valence electrons. The maximum Gasteiger partial charge on any atom is 0.293 e. The molecule has 21 heavy (non-hydrogen) atoms. The molecule has 0 radical (unpaired) electrons. The summed E-state index contributed by atoms with van der Waals surface area (Å²) in [6.07, 6.45) is 0.640. The third-order valence-corrected chi connectivity index (χ3v) is 5.74. The van der Waals surface area contributed by atoms with E-state index in [2.05, 4.69) is 0 Å². The fourth-order valence-electron chi connectivity index (χ4n) is 2.52. The van der Waals surface area contributed by atoms with Gasteiger partial charge in [0.15, 0.2) is 0 Å². The molecule has 1 aliphatic heterocycles. The molecule has 2 rings (SSSR count). The van der Waals surface area contributed by atoms with Crippen molar-refractivity contribution in [1.82, 2.24) is 4.31 Å². The van der Waals surface area contributed by atoms with E-state index < -0.39 is 26.7 Å². The second-order valence-electron chi connectivity index (χ2n) is 5.11. The number of nitro groups is 1. The number of aliphatic hydroxyl groups is 1. The highest BCUT2D eigenvalue weighted by Crippen LogP contribution is 2.32. The molecule has 1 aromatic carbocycles. The zero-order valence-electron chi connectivity index (χ0n) is 11.5. The number of sulfonamides is 1. The van der Waals surface area contributed by atoms with Crippen molar-refractivity contribution in [2.75, 3.05) is 18.9 Å². The number of nitro benzene ring substituents is 1. The van der Waals surface area contributed by atoms with Crippen molar-refractivity contribution >= 4 is 21.4 Å². The van der Waals surface area contributed by atoms with Crippen molar-refractivity contribution in [3.8, 4) is 0 Å². The Bertz CT molecular complexity index is 661. The second-order valence-corrected chi connectivity index (χ2v) is 7.00. The molecule has 1 saturated heterocycles. The fraction of sp³-hybridized carbons (Fsp3) is 0.500. The van der Waals surface area contributed by atoms with Crippen molar-refractivity contribution in [3.05, 3.63) is 28.3 Å². The quantitative estimate of drug-likeness (QED) is 0.475. The molecular weight excluding hydrogens is 298 g/mol. The molecule has 1 aromatic rings. The molecule has 0 spiro atoms. The lowest BCUT2D eigenvalue weighted by Crippen LogP contribution is -2.39. The summed E-state index contributed by atoms with van der Waals surface area (Å²) in [4.78, 5) is 9.97. The molecule has 0 aliphatic carbocycles. The van der Waals surface area contributed by atoms with Gasteiger partial charge in [-0.3, -0.25) is 10.1 Å². The van der Waals surface area contributed by atoms with Crippen LogP contribution in [0.4, 0.5) is 11.4 Å². The summed E-state index contributed by atoms with van der Waals surface area (Å²) in [5, 5.41) is 20.2. The highest BCUT2D eigenvalue weighted by molar-refractivity contribution is 7.89. The molecular formula is C12H17N3O5S. The number of hydrogen-bond acceptors (Lipinski definition) is 6. The molecule has 0 bridgehead atoms. The highest BCUT2D eigenvalue weighted by atomic mass is 32.2. The van der Waals surface area contributed by atoms with Crippen LogP contribution in [0.3, 0.4) is 0 Å². The first-order valence-corrected chi connectivity index (χ1v) is 7.89. The summed E-state index contributed by atoms with van der Waals surface area (Å²) in [5.41, 5.74) is 4.94. The van der Waals surface area contributed by atoms with Crippen molar-refractivity contribution in [2.24, 2.45) is 5.92 Å². The Morgan fingerprint density at radius 3 is 2.76 bits per heavy atom. The van der Waals surface area contributed by atoms with Crippen LogP contribution in [-0.4, -0.2) is 41.9 Å². The number of hydrogen-bond donors (Lipinski definition) is 2. The monoisotopic (exact) mass is 315 g/mol. The zero-order chi connectivity index (χ0) is 15.8. The van der Waals surface area contributed by atoms with E-state index in [1.807, 2.05) is 6.92 Å². The van der Waals surface area contributed by atoms with E-state index in [0.29, 0.717) is 6.42 Å². The van der Waals surface area contributed by atoms with Gasteiger partial charge >= 0.3 is 0 Å². The van der Waals surface area contributed by atoms with Gasteiger partial charge in [-0.2, -0.15) is 4.31 Å². The van der Waals surface area contributed by atoms with E-state index >= 15 is 0 Å². The van der Waals surface area contributed by atoms with Gasteiger partial charge in [-0.05, 0) is 24.5 Å². The third-order valence-electron chi connectivity index (χ3n) is 3.82. The van der Waals surface area contributed by atoms with Crippen molar-refractivity contribution < 1.29 is 18.4 Å². The first-order valence-electron chi connectivity index (χ1n) is 6.45. The van der Waals surface area contributed by atoms with Crippen LogP contribution in [0.1, 0.15) is 13.3 Å². The molecule has 0 aromatic heterocycles. The lowest BCUT2D eigenvalue weighted by atomic mass is 10.0. The largest absolute Gasteiger partial charge is 0.395 e. The number of rotatable bonds is 4. The Balaban J connectivity index is 2.45. The van der Waals surface area contributed by atoms with Crippen LogP contribution in [0.15, 0.2) is 23.1 Å². The van der Waals surface area contributed by atoms with Crippen LogP contribution in [0, 0.1) is 16.0 Å². The van der Waals surface area contributed by atoms with Gasteiger partial charge in [-0.15, -0.1) is 0 Å². The lowest BCUT2D eigenvalue weighted by Gasteiger charge is -2.24. The maximum atomic E-state index is 12.6. The van der Waals surface area contributed by atoms with Crippen molar-refractivity contribution in [3.63, 3.8) is 0 Å². The van der Waals surface area contributed by atoms with Crippen LogP contribution in [0.25, 0.3) is 0 Å². The second kappa shape index (κ2) is 5.58. The van der Waals surface area contributed by atoms with E-state index in [1.54, 1.807) is 0 Å². The van der Waals surface area contributed by atoms with Gasteiger partial charge in [0.05, 0.1) is 22.5 Å². The van der Waals surface area contributed by atoms with Gasteiger partial charge in [0.1, 0.15) is 5.69 Å². The topological polar surface area (TPSA) is 127 Å². The average molecular weight is 315 g/mol. The smallest absolute Gasteiger partial charge is 0.293 e. The number of nitrogens with zero attached hydrogens (tertiary/aromatic N) is 2. The fourth-order valence-corrected chi connectivity index (χ4v) is 4.27. The van der Waals surface area contributed by atoms with E-state index in [1.165, 1.54) is 16.4 Å².